The van der Waals surface area contributed by atoms with Crippen LogP contribution in [0, 0.1) is 0 Å². The molecule has 0 spiro atoms. The fourth-order valence-corrected chi connectivity index (χ4v) is 2.72. The summed E-state index contributed by atoms with van der Waals surface area (Å²) in [6.45, 7) is 2.10. The Bertz CT molecular complexity index is 151. The van der Waals surface area contributed by atoms with Crippen LogP contribution < -0.4 is 0 Å². The van der Waals surface area contributed by atoms with Crippen molar-refractivity contribution in [3.63, 3.8) is 0 Å². The molecule has 0 N–H and O–H groups in total. The fourth-order valence-electron chi connectivity index (χ4n) is 0.610. The Morgan fingerprint density at radius 1 is 1.88 bits per heavy atom. The Kier molecular flexibility index (Phi) is 1.68. The minimum Gasteiger partial charge on any atom is -0.368 e. The summed E-state index contributed by atoms with van der Waals surface area (Å²) < 4.78 is 0. The lowest BCUT2D eigenvalue weighted by molar-refractivity contribution is 0.504. The lowest BCUT2D eigenvalue weighted by atomic mass is 10.5. The van der Waals surface area contributed by atoms with E-state index >= 15 is 0 Å². The number of hydrogen-bond donors (Lipinski definition) is 0. The molecule has 3 heteroatoms. The molecule has 0 radical (unpaired) electrons. The average molecular weight is 147 g/mol. The standard InChI is InChI=1S/C5H9NS2/c1-5-3-8(7)4-6(5)2/h3H,4H2,1-2H3. The summed E-state index contributed by atoms with van der Waals surface area (Å²) in [5, 5.41) is 2.15. The molecule has 1 aliphatic rings. The SMILES string of the molecule is CC1=CS(=S)CN1C. The second-order valence-corrected chi connectivity index (χ2v) is 4.51. The Morgan fingerprint density at radius 3 is 2.62 bits per heavy atom. The van der Waals surface area contributed by atoms with Gasteiger partial charge >= 0.3 is 0 Å². The van der Waals surface area contributed by atoms with Crippen LogP contribution >= 0.6 is 0 Å². The van der Waals surface area contributed by atoms with Crippen molar-refractivity contribution in [1.29, 1.82) is 0 Å². The van der Waals surface area contributed by atoms with E-state index in [0.717, 1.165) is 5.88 Å². The van der Waals surface area contributed by atoms with Crippen LogP contribution in [0.3, 0.4) is 0 Å². The maximum absolute atomic E-state index is 5.07. The first-order valence-corrected chi connectivity index (χ1v) is 4.85. The Balaban J connectivity index is 2.73. The molecule has 1 aliphatic heterocycles. The molecule has 1 unspecified atom stereocenters. The molecule has 0 aliphatic carbocycles. The zero-order valence-electron chi connectivity index (χ0n) is 5.05. The predicted octanol–water partition coefficient (Wildman–Crippen LogP) is 0.831. The molecule has 1 heterocycles. The van der Waals surface area contributed by atoms with Gasteiger partial charge in [0, 0.05) is 12.7 Å². The smallest absolute Gasteiger partial charge is 0.0717 e. The summed E-state index contributed by atoms with van der Waals surface area (Å²) in [6.07, 6.45) is 0. The van der Waals surface area contributed by atoms with E-state index < -0.39 is 0 Å². The zero-order chi connectivity index (χ0) is 6.15. The van der Waals surface area contributed by atoms with Crippen LogP contribution in [0.2, 0.25) is 0 Å². The molecule has 46 valence electrons. The van der Waals surface area contributed by atoms with Crippen molar-refractivity contribution < 1.29 is 0 Å². The molecule has 0 aromatic heterocycles. The maximum Gasteiger partial charge on any atom is 0.0717 e. The molecule has 0 saturated carbocycles. The number of allylic oxidation sites excluding steroid dienone is 1. The summed E-state index contributed by atoms with van der Waals surface area (Å²) in [6, 6.07) is 0. The van der Waals surface area contributed by atoms with Gasteiger partial charge in [0.2, 0.25) is 0 Å². The average Bonchev–Trinajstić information content (AvgIpc) is 1.85. The van der Waals surface area contributed by atoms with Crippen LogP contribution in [0.1, 0.15) is 6.92 Å². The van der Waals surface area contributed by atoms with E-state index in [9.17, 15) is 0 Å². The highest BCUT2D eigenvalue weighted by molar-refractivity contribution is 8.30. The highest BCUT2D eigenvalue weighted by atomic mass is 32.8. The van der Waals surface area contributed by atoms with Crippen molar-refractivity contribution in [2.75, 3.05) is 12.9 Å². The Morgan fingerprint density at radius 2 is 2.50 bits per heavy atom. The summed E-state index contributed by atoms with van der Waals surface area (Å²) >= 11 is 5.07. The zero-order valence-corrected chi connectivity index (χ0v) is 6.68. The van der Waals surface area contributed by atoms with Crippen LogP contribution in [0.25, 0.3) is 0 Å². The Hall–Kier alpha value is 0.110. The van der Waals surface area contributed by atoms with E-state index in [1.807, 2.05) is 0 Å². The summed E-state index contributed by atoms with van der Waals surface area (Å²) in [5.41, 5.74) is 1.32. The summed E-state index contributed by atoms with van der Waals surface area (Å²) in [7, 11) is 2.19. The minimum atomic E-state index is 0.114. The summed E-state index contributed by atoms with van der Waals surface area (Å²) in [4.78, 5) is 2.19. The Labute approximate surface area is 57.0 Å². The van der Waals surface area contributed by atoms with Gasteiger partial charge in [-0.15, -0.1) is 0 Å². The first-order chi connectivity index (χ1) is 3.70. The van der Waals surface area contributed by atoms with Gasteiger partial charge in [-0.3, -0.25) is 0 Å². The topological polar surface area (TPSA) is 3.24 Å². The molecule has 8 heavy (non-hydrogen) atoms. The largest absolute Gasteiger partial charge is 0.368 e. The van der Waals surface area contributed by atoms with Gasteiger partial charge in [0.05, 0.1) is 5.88 Å². The van der Waals surface area contributed by atoms with Gasteiger partial charge in [-0.1, -0.05) is 9.45 Å². The predicted molar refractivity (Wildman–Crippen MR) is 41.1 cm³/mol. The first-order valence-electron chi connectivity index (χ1n) is 2.47. The van der Waals surface area contributed by atoms with Crippen molar-refractivity contribution in [3.8, 4) is 0 Å². The maximum atomic E-state index is 5.07. The quantitative estimate of drug-likeness (QED) is 0.499. The van der Waals surface area contributed by atoms with E-state index in [-0.39, 0.29) is 9.45 Å². The van der Waals surface area contributed by atoms with E-state index in [2.05, 4.69) is 24.3 Å². The third kappa shape index (κ3) is 1.09. The molecule has 1 atom stereocenters. The van der Waals surface area contributed by atoms with Crippen molar-refractivity contribution in [2.24, 2.45) is 0 Å². The molecule has 0 fully saturated rings. The normalized spacial score (nSPS) is 28.5. The molecule has 1 nitrogen and oxygen atoms in total. The van der Waals surface area contributed by atoms with E-state index in [1.165, 1.54) is 5.70 Å². The lowest BCUT2D eigenvalue weighted by Gasteiger charge is -2.09. The van der Waals surface area contributed by atoms with Gasteiger partial charge in [0.1, 0.15) is 0 Å². The van der Waals surface area contributed by atoms with E-state index in [4.69, 9.17) is 11.2 Å². The van der Waals surface area contributed by atoms with Crippen LogP contribution in [-0.4, -0.2) is 17.8 Å². The van der Waals surface area contributed by atoms with Crippen molar-refractivity contribution in [2.45, 2.75) is 6.92 Å². The molecule has 0 saturated heterocycles. The van der Waals surface area contributed by atoms with Gasteiger partial charge in [0.25, 0.3) is 0 Å². The van der Waals surface area contributed by atoms with Crippen molar-refractivity contribution in [3.05, 3.63) is 11.1 Å². The van der Waals surface area contributed by atoms with Crippen LogP contribution in [0.5, 0.6) is 0 Å². The minimum absolute atomic E-state index is 0.114. The van der Waals surface area contributed by atoms with Crippen LogP contribution in [0.4, 0.5) is 0 Å². The number of hydrogen-bond acceptors (Lipinski definition) is 2. The molecular weight excluding hydrogens is 138 g/mol. The highest BCUT2D eigenvalue weighted by Gasteiger charge is 2.07. The van der Waals surface area contributed by atoms with Gasteiger partial charge in [0.15, 0.2) is 0 Å². The van der Waals surface area contributed by atoms with Gasteiger partial charge in [-0.05, 0) is 23.5 Å². The molecule has 0 bridgehead atoms. The van der Waals surface area contributed by atoms with Crippen molar-refractivity contribution in [1.82, 2.24) is 4.90 Å². The number of rotatable bonds is 0. The molecule has 0 aromatic rings. The molecule has 1 rings (SSSR count). The monoisotopic (exact) mass is 147 g/mol. The first kappa shape index (κ1) is 6.23. The van der Waals surface area contributed by atoms with Gasteiger partial charge in [-0.25, -0.2) is 0 Å². The molecular formula is C5H9NS2. The van der Waals surface area contributed by atoms with Crippen molar-refractivity contribution >= 4 is 20.6 Å². The second kappa shape index (κ2) is 2.15. The van der Waals surface area contributed by atoms with Crippen LogP contribution in [0.15, 0.2) is 11.1 Å². The van der Waals surface area contributed by atoms with E-state index in [1.54, 1.807) is 0 Å². The summed E-state index contributed by atoms with van der Waals surface area (Å²) in [5.74, 6) is 1.04. The molecule has 0 amide bonds. The van der Waals surface area contributed by atoms with Gasteiger partial charge < -0.3 is 4.90 Å². The van der Waals surface area contributed by atoms with Gasteiger partial charge in [-0.2, -0.15) is 0 Å². The third-order valence-electron chi connectivity index (χ3n) is 1.22. The fraction of sp³-hybridized carbons (Fsp3) is 0.600. The lowest BCUT2D eigenvalue weighted by Crippen LogP contribution is -2.11. The molecule has 0 aromatic carbocycles. The van der Waals surface area contributed by atoms with Crippen LogP contribution in [-0.2, 0) is 20.6 Å². The van der Waals surface area contributed by atoms with E-state index in [0.29, 0.717) is 0 Å². The second-order valence-electron chi connectivity index (χ2n) is 1.97. The number of nitrogens with zero attached hydrogens (tertiary/aromatic N) is 1. The third-order valence-corrected chi connectivity index (χ3v) is 3.08. The highest BCUT2D eigenvalue weighted by Crippen LogP contribution is 2.10.